The number of nitrogens with one attached hydrogen (secondary N) is 2. The van der Waals surface area contributed by atoms with Crippen LogP contribution < -0.4 is 15.5 Å². The van der Waals surface area contributed by atoms with Gasteiger partial charge in [0.05, 0.1) is 31.5 Å². The van der Waals surface area contributed by atoms with Crippen LogP contribution >= 0.6 is 0 Å². The minimum Gasteiger partial charge on any atom is -0.375 e. The molecule has 1 aliphatic rings. The van der Waals surface area contributed by atoms with E-state index in [1.54, 1.807) is 6.20 Å². The molecule has 0 amide bonds. The number of aliphatic imine (C=N–C) groups is 1. The Kier molecular flexibility index (Phi) is 6.98. The fourth-order valence-electron chi connectivity index (χ4n) is 2.95. The Balaban J connectivity index is 1.62. The highest BCUT2D eigenvalue weighted by molar-refractivity contribution is 5.79. The van der Waals surface area contributed by atoms with E-state index in [9.17, 15) is 0 Å². The normalized spacial score (nSPS) is 17.6. The lowest BCUT2D eigenvalue weighted by molar-refractivity contribution is 0.0529. The van der Waals surface area contributed by atoms with Crippen molar-refractivity contribution in [1.82, 2.24) is 20.6 Å². The molecule has 7 heteroatoms. The summed E-state index contributed by atoms with van der Waals surface area (Å²) in [5.41, 5.74) is 2.12. The highest BCUT2D eigenvalue weighted by atomic mass is 16.5. The molecule has 144 valence electrons. The number of ether oxygens (including phenoxy) is 1. The maximum Gasteiger partial charge on any atom is 0.191 e. The standard InChI is InChI=1S/C20H28N6O/c1-3-21-20(25-14-18-6-4-5-8-22-18)24-13-17-7-9-23-19(12-17)26-10-11-27-16(2)15-26/h4-9,12,16H,3,10-11,13-15H2,1-2H3,(H2,21,24,25). The SMILES string of the molecule is CCNC(=NCc1ccnc(N2CCOC(C)C2)c1)NCc1ccccn1. The number of anilines is 1. The van der Waals surface area contributed by atoms with Gasteiger partial charge in [-0.25, -0.2) is 9.98 Å². The molecule has 2 N–H and O–H groups in total. The van der Waals surface area contributed by atoms with Gasteiger partial charge in [0.2, 0.25) is 0 Å². The predicted octanol–water partition coefficient (Wildman–Crippen LogP) is 1.96. The number of nitrogens with zero attached hydrogens (tertiary/aromatic N) is 4. The molecule has 27 heavy (non-hydrogen) atoms. The van der Waals surface area contributed by atoms with E-state index >= 15 is 0 Å². The molecule has 7 nitrogen and oxygen atoms in total. The van der Waals surface area contributed by atoms with Gasteiger partial charge in [-0.05, 0) is 43.7 Å². The monoisotopic (exact) mass is 368 g/mol. The largest absolute Gasteiger partial charge is 0.375 e. The summed E-state index contributed by atoms with van der Waals surface area (Å²) in [5, 5.41) is 6.60. The first-order chi connectivity index (χ1) is 13.2. The third-order valence-electron chi connectivity index (χ3n) is 4.30. The summed E-state index contributed by atoms with van der Waals surface area (Å²) in [7, 11) is 0. The highest BCUT2D eigenvalue weighted by Gasteiger charge is 2.17. The van der Waals surface area contributed by atoms with Crippen molar-refractivity contribution < 1.29 is 4.74 Å². The number of hydrogen-bond donors (Lipinski definition) is 2. The average Bonchev–Trinajstić information content (AvgIpc) is 2.71. The molecule has 0 radical (unpaired) electrons. The van der Waals surface area contributed by atoms with E-state index in [0.29, 0.717) is 13.1 Å². The predicted molar refractivity (Wildman–Crippen MR) is 108 cm³/mol. The second-order valence-electron chi connectivity index (χ2n) is 6.52. The topological polar surface area (TPSA) is 74.7 Å². The number of guanidine groups is 1. The van der Waals surface area contributed by atoms with Gasteiger partial charge in [0.1, 0.15) is 5.82 Å². The Morgan fingerprint density at radius 2 is 2.19 bits per heavy atom. The van der Waals surface area contributed by atoms with E-state index in [-0.39, 0.29) is 6.10 Å². The first kappa shape index (κ1) is 19.1. The Labute approximate surface area is 160 Å². The highest BCUT2D eigenvalue weighted by Crippen LogP contribution is 2.16. The van der Waals surface area contributed by atoms with Gasteiger partial charge in [-0.1, -0.05) is 6.07 Å². The van der Waals surface area contributed by atoms with Gasteiger partial charge in [-0.3, -0.25) is 4.98 Å². The fraction of sp³-hybridized carbons (Fsp3) is 0.450. The number of rotatable bonds is 6. The van der Waals surface area contributed by atoms with E-state index in [4.69, 9.17) is 9.73 Å². The molecular weight excluding hydrogens is 340 g/mol. The average molecular weight is 368 g/mol. The van der Waals surface area contributed by atoms with E-state index < -0.39 is 0 Å². The smallest absolute Gasteiger partial charge is 0.191 e. The Morgan fingerprint density at radius 3 is 2.96 bits per heavy atom. The summed E-state index contributed by atoms with van der Waals surface area (Å²) in [4.78, 5) is 15.8. The minimum atomic E-state index is 0.235. The summed E-state index contributed by atoms with van der Waals surface area (Å²) in [6.07, 6.45) is 3.89. The first-order valence-electron chi connectivity index (χ1n) is 9.48. The van der Waals surface area contributed by atoms with E-state index in [1.165, 1.54) is 0 Å². The van der Waals surface area contributed by atoms with Crippen molar-refractivity contribution in [1.29, 1.82) is 0 Å². The van der Waals surface area contributed by atoms with Crippen molar-refractivity contribution in [2.45, 2.75) is 33.0 Å². The van der Waals surface area contributed by atoms with Crippen molar-refractivity contribution in [3.05, 3.63) is 54.0 Å². The van der Waals surface area contributed by atoms with Crippen LogP contribution in [-0.2, 0) is 17.8 Å². The summed E-state index contributed by atoms with van der Waals surface area (Å²) in [6.45, 7) is 8.67. The molecule has 0 aromatic carbocycles. The lowest BCUT2D eigenvalue weighted by Gasteiger charge is -2.32. The van der Waals surface area contributed by atoms with Crippen LogP contribution in [0, 0.1) is 0 Å². The number of morpholine rings is 1. The molecule has 0 spiro atoms. The molecule has 2 aromatic heterocycles. The molecule has 2 aromatic rings. The second kappa shape index (κ2) is 9.87. The van der Waals surface area contributed by atoms with Gasteiger partial charge in [-0.2, -0.15) is 0 Å². The van der Waals surface area contributed by atoms with E-state index in [1.807, 2.05) is 30.5 Å². The molecule has 3 heterocycles. The van der Waals surface area contributed by atoms with Crippen LogP contribution in [-0.4, -0.2) is 48.3 Å². The van der Waals surface area contributed by atoms with Crippen molar-refractivity contribution in [3.8, 4) is 0 Å². The Morgan fingerprint density at radius 1 is 1.26 bits per heavy atom. The molecule has 0 aliphatic carbocycles. The molecule has 3 rings (SSSR count). The van der Waals surface area contributed by atoms with Gasteiger partial charge < -0.3 is 20.3 Å². The molecule has 1 saturated heterocycles. The maximum absolute atomic E-state index is 5.62. The van der Waals surface area contributed by atoms with Crippen molar-refractivity contribution in [2.75, 3.05) is 31.1 Å². The molecule has 1 aliphatic heterocycles. The van der Waals surface area contributed by atoms with Gasteiger partial charge >= 0.3 is 0 Å². The molecule has 1 unspecified atom stereocenters. The molecule has 0 bridgehead atoms. The van der Waals surface area contributed by atoms with Crippen LogP contribution in [0.5, 0.6) is 0 Å². The van der Waals surface area contributed by atoms with Gasteiger partial charge in [0, 0.05) is 32.0 Å². The summed E-state index contributed by atoms with van der Waals surface area (Å²) >= 11 is 0. The quantitative estimate of drug-likeness (QED) is 0.600. The zero-order valence-electron chi connectivity index (χ0n) is 16.1. The van der Waals surface area contributed by atoms with Crippen molar-refractivity contribution >= 4 is 11.8 Å². The summed E-state index contributed by atoms with van der Waals surface area (Å²) in [6, 6.07) is 10.0. The third kappa shape index (κ3) is 5.92. The van der Waals surface area contributed by atoms with Crippen LogP contribution in [0.2, 0.25) is 0 Å². The first-order valence-corrected chi connectivity index (χ1v) is 9.48. The van der Waals surface area contributed by atoms with Gasteiger partial charge in [0.15, 0.2) is 5.96 Å². The van der Waals surface area contributed by atoms with Gasteiger partial charge in [-0.15, -0.1) is 0 Å². The summed E-state index contributed by atoms with van der Waals surface area (Å²) < 4.78 is 5.62. The molecule has 1 fully saturated rings. The van der Waals surface area contributed by atoms with E-state index in [0.717, 1.165) is 49.3 Å². The van der Waals surface area contributed by atoms with E-state index in [2.05, 4.69) is 45.4 Å². The van der Waals surface area contributed by atoms with Crippen LogP contribution in [0.1, 0.15) is 25.1 Å². The van der Waals surface area contributed by atoms with Crippen molar-refractivity contribution in [3.63, 3.8) is 0 Å². The Bertz CT molecular complexity index is 736. The lowest BCUT2D eigenvalue weighted by Crippen LogP contribution is -2.41. The van der Waals surface area contributed by atoms with Crippen LogP contribution in [0.15, 0.2) is 47.7 Å². The third-order valence-corrected chi connectivity index (χ3v) is 4.30. The molecule has 1 atom stereocenters. The fourth-order valence-corrected chi connectivity index (χ4v) is 2.95. The molecular formula is C20H28N6O. The zero-order chi connectivity index (χ0) is 18.9. The van der Waals surface area contributed by atoms with Crippen LogP contribution in [0.3, 0.4) is 0 Å². The van der Waals surface area contributed by atoms with Crippen molar-refractivity contribution in [2.24, 2.45) is 4.99 Å². The summed E-state index contributed by atoms with van der Waals surface area (Å²) in [5.74, 6) is 1.77. The van der Waals surface area contributed by atoms with Crippen LogP contribution in [0.25, 0.3) is 0 Å². The van der Waals surface area contributed by atoms with Gasteiger partial charge in [0.25, 0.3) is 0 Å². The number of aromatic nitrogens is 2. The zero-order valence-corrected chi connectivity index (χ0v) is 16.1. The lowest BCUT2D eigenvalue weighted by atomic mass is 10.2. The Hall–Kier alpha value is -2.67. The minimum absolute atomic E-state index is 0.235. The number of hydrogen-bond acceptors (Lipinski definition) is 5. The molecule has 0 saturated carbocycles. The number of pyridine rings is 2. The second-order valence-corrected chi connectivity index (χ2v) is 6.52. The maximum atomic E-state index is 5.62. The van der Waals surface area contributed by atoms with Crippen LogP contribution in [0.4, 0.5) is 5.82 Å².